The van der Waals surface area contributed by atoms with Crippen LogP contribution in [0.25, 0.3) is 0 Å². The van der Waals surface area contributed by atoms with Crippen molar-refractivity contribution in [3.8, 4) is 0 Å². The summed E-state index contributed by atoms with van der Waals surface area (Å²) in [6, 6.07) is 0. The van der Waals surface area contributed by atoms with Gasteiger partial charge in [0.1, 0.15) is 6.10 Å². The third-order valence-electron chi connectivity index (χ3n) is 3.47. The van der Waals surface area contributed by atoms with Crippen molar-refractivity contribution < 1.29 is 9.53 Å². The molecule has 0 aromatic carbocycles. The molecule has 0 N–H and O–H groups in total. The lowest BCUT2D eigenvalue weighted by Gasteiger charge is -2.17. The van der Waals surface area contributed by atoms with Crippen molar-refractivity contribution in [2.45, 2.75) is 83.7 Å². The molecule has 18 heavy (non-hydrogen) atoms. The van der Waals surface area contributed by atoms with E-state index in [-0.39, 0.29) is 12.1 Å². The monoisotopic (exact) mass is 252 g/mol. The van der Waals surface area contributed by atoms with Crippen molar-refractivity contribution >= 4 is 5.97 Å². The fourth-order valence-electron chi connectivity index (χ4n) is 2.41. The van der Waals surface area contributed by atoms with Crippen LogP contribution in [0.3, 0.4) is 0 Å². The summed E-state index contributed by atoms with van der Waals surface area (Å²) in [6.45, 7) is 2.16. The molecule has 2 heteroatoms. The summed E-state index contributed by atoms with van der Waals surface area (Å²) < 4.78 is 5.58. The molecule has 0 saturated carbocycles. The van der Waals surface area contributed by atoms with E-state index >= 15 is 0 Å². The van der Waals surface area contributed by atoms with Crippen molar-refractivity contribution in [1.82, 2.24) is 0 Å². The van der Waals surface area contributed by atoms with Crippen molar-refractivity contribution in [1.29, 1.82) is 0 Å². The predicted molar refractivity (Wildman–Crippen MR) is 75.5 cm³/mol. The number of hydrogen-bond acceptors (Lipinski definition) is 2. The molecule has 0 aliphatic carbocycles. The van der Waals surface area contributed by atoms with Crippen molar-refractivity contribution in [3.05, 3.63) is 12.2 Å². The summed E-state index contributed by atoms with van der Waals surface area (Å²) in [7, 11) is 0. The summed E-state index contributed by atoms with van der Waals surface area (Å²) in [4.78, 5) is 11.7. The smallest absolute Gasteiger partial charge is 0.306 e. The highest BCUT2D eigenvalue weighted by Crippen LogP contribution is 2.15. The molecule has 104 valence electrons. The zero-order valence-electron chi connectivity index (χ0n) is 11.8. The van der Waals surface area contributed by atoms with Crippen LogP contribution >= 0.6 is 0 Å². The van der Waals surface area contributed by atoms with Crippen LogP contribution in [0, 0.1) is 0 Å². The highest BCUT2D eigenvalue weighted by molar-refractivity contribution is 5.69. The van der Waals surface area contributed by atoms with Gasteiger partial charge in [-0.1, -0.05) is 31.9 Å². The van der Waals surface area contributed by atoms with Gasteiger partial charge in [-0.2, -0.15) is 0 Å². The Kier molecular flexibility index (Phi) is 8.62. The Morgan fingerprint density at radius 1 is 1.11 bits per heavy atom. The van der Waals surface area contributed by atoms with Crippen molar-refractivity contribution in [3.63, 3.8) is 0 Å². The topological polar surface area (TPSA) is 26.3 Å². The van der Waals surface area contributed by atoms with Crippen LogP contribution < -0.4 is 0 Å². The lowest BCUT2D eigenvalue weighted by Crippen LogP contribution is -2.18. The van der Waals surface area contributed by atoms with Crippen LogP contribution in [-0.2, 0) is 9.53 Å². The minimum Gasteiger partial charge on any atom is -0.462 e. The van der Waals surface area contributed by atoms with E-state index < -0.39 is 0 Å². The second-order valence-electron chi connectivity index (χ2n) is 5.26. The van der Waals surface area contributed by atoms with Crippen LogP contribution in [0.4, 0.5) is 0 Å². The van der Waals surface area contributed by atoms with Gasteiger partial charge in [-0.3, -0.25) is 4.79 Å². The molecular weight excluding hydrogens is 224 g/mol. The maximum atomic E-state index is 11.7. The first-order valence-corrected chi connectivity index (χ1v) is 7.67. The van der Waals surface area contributed by atoms with Gasteiger partial charge in [-0.25, -0.2) is 0 Å². The Morgan fingerprint density at radius 2 is 1.83 bits per heavy atom. The third-order valence-corrected chi connectivity index (χ3v) is 3.47. The molecule has 0 aromatic heterocycles. The Balaban J connectivity index is 2.39. The molecule has 1 aliphatic rings. The maximum absolute atomic E-state index is 11.7. The fourth-order valence-corrected chi connectivity index (χ4v) is 2.41. The molecule has 1 aliphatic heterocycles. The van der Waals surface area contributed by atoms with Crippen LogP contribution in [0.5, 0.6) is 0 Å². The van der Waals surface area contributed by atoms with Crippen molar-refractivity contribution in [2.75, 3.05) is 0 Å². The van der Waals surface area contributed by atoms with Crippen molar-refractivity contribution in [2.24, 2.45) is 0 Å². The molecule has 0 aromatic rings. The number of carbonyl (C=O) groups excluding carboxylic acids is 1. The van der Waals surface area contributed by atoms with Gasteiger partial charge in [0, 0.05) is 6.42 Å². The van der Waals surface area contributed by atoms with E-state index in [9.17, 15) is 4.79 Å². The number of hydrogen-bond donors (Lipinski definition) is 0. The van der Waals surface area contributed by atoms with Crippen LogP contribution in [-0.4, -0.2) is 12.1 Å². The van der Waals surface area contributed by atoms with Gasteiger partial charge in [0.05, 0.1) is 0 Å². The second kappa shape index (κ2) is 10.2. The minimum atomic E-state index is 0.00879. The number of ether oxygens (including phenoxy) is 1. The average Bonchev–Trinajstić information content (AvgIpc) is 2.35. The Labute approximate surface area is 112 Å². The van der Waals surface area contributed by atoms with E-state index in [2.05, 4.69) is 19.1 Å². The third kappa shape index (κ3) is 7.52. The van der Waals surface area contributed by atoms with E-state index in [0.717, 1.165) is 38.5 Å². The summed E-state index contributed by atoms with van der Waals surface area (Å²) in [6.07, 6.45) is 16.6. The first-order chi connectivity index (χ1) is 8.83. The molecule has 0 amide bonds. The molecule has 0 radical (unpaired) electrons. The van der Waals surface area contributed by atoms with Gasteiger partial charge in [0.15, 0.2) is 0 Å². The van der Waals surface area contributed by atoms with Crippen LogP contribution in [0.15, 0.2) is 12.2 Å². The number of rotatable bonds is 2. The quantitative estimate of drug-likeness (QED) is 0.522. The molecular formula is C16H28O2. The first kappa shape index (κ1) is 15.3. The Bertz CT molecular complexity index is 245. The van der Waals surface area contributed by atoms with E-state index in [0.29, 0.717) is 6.42 Å². The number of carbonyl (C=O) groups is 1. The van der Waals surface area contributed by atoms with E-state index in [1.54, 1.807) is 0 Å². The largest absolute Gasteiger partial charge is 0.462 e. The number of allylic oxidation sites excluding steroid dienone is 2. The Hall–Kier alpha value is -0.790. The molecule has 0 spiro atoms. The van der Waals surface area contributed by atoms with Gasteiger partial charge in [0.25, 0.3) is 0 Å². The molecule has 0 saturated heterocycles. The minimum absolute atomic E-state index is 0.00879. The normalized spacial score (nSPS) is 24.3. The summed E-state index contributed by atoms with van der Waals surface area (Å²) in [5, 5.41) is 0. The second-order valence-corrected chi connectivity index (χ2v) is 5.26. The zero-order valence-corrected chi connectivity index (χ0v) is 11.8. The number of esters is 1. The molecule has 2 nitrogen and oxygen atoms in total. The summed E-state index contributed by atoms with van der Waals surface area (Å²) >= 11 is 0. The Morgan fingerprint density at radius 3 is 2.56 bits per heavy atom. The van der Waals surface area contributed by atoms with Gasteiger partial charge < -0.3 is 4.74 Å². The molecule has 1 atom stereocenters. The average molecular weight is 252 g/mol. The fraction of sp³-hybridized carbons (Fsp3) is 0.812. The maximum Gasteiger partial charge on any atom is 0.306 e. The summed E-state index contributed by atoms with van der Waals surface area (Å²) in [5.41, 5.74) is 0. The molecule has 1 rings (SSSR count). The highest BCUT2D eigenvalue weighted by atomic mass is 16.5. The van der Waals surface area contributed by atoms with E-state index in [4.69, 9.17) is 4.74 Å². The van der Waals surface area contributed by atoms with Gasteiger partial charge in [-0.15, -0.1) is 0 Å². The van der Waals surface area contributed by atoms with E-state index in [1.165, 1.54) is 25.7 Å². The van der Waals surface area contributed by atoms with Gasteiger partial charge in [0.2, 0.25) is 0 Å². The van der Waals surface area contributed by atoms with Crippen LogP contribution in [0.1, 0.15) is 77.6 Å². The lowest BCUT2D eigenvalue weighted by atomic mass is 10.0. The standard InChI is InChI=1S/C16H28O2/c1-2-12-15-13-10-8-6-4-3-5-7-9-11-14-16(17)18-15/h3,5,15H,2,4,6-14H2,1H3. The predicted octanol–water partition coefficient (Wildman–Crippen LogP) is 4.78. The molecule has 0 bridgehead atoms. The van der Waals surface area contributed by atoms with Crippen LogP contribution in [0.2, 0.25) is 0 Å². The molecule has 1 heterocycles. The van der Waals surface area contributed by atoms with Gasteiger partial charge >= 0.3 is 5.97 Å². The lowest BCUT2D eigenvalue weighted by molar-refractivity contribution is -0.150. The van der Waals surface area contributed by atoms with E-state index in [1.807, 2.05) is 0 Å². The van der Waals surface area contributed by atoms with Gasteiger partial charge in [-0.05, 0) is 51.4 Å². The summed E-state index contributed by atoms with van der Waals surface area (Å²) in [5.74, 6) is 0.00879. The zero-order chi connectivity index (χ0) is 13.1. The number of cyclic esters (lactones) is 1. The molecule has 1 unspecified atom stereocenters. The highest BCUT2D eigenvalue weighted by Gasteiger charge is 2.13. The molecule has 0 fully saturated rings. The SMILES string of the molecule is CCCC1CCCCCC=CCCCCC(=O)O1. The first-order valence-electron chi connectivity index (χ1n) is 7.67.